The number of anilines is 1. The highest BCUT2D eigenvalue weighted by molar-refractivity contribution is 7.99. The first-order valence-corrected chi connectivity index (χ1v) is 4.94. The molecular weight excluding hydrogens is 186 g/mol. The van der Waals surface area contributed by atoms with E-state index < -0.39 is 5.97 Å². The van der Waals surface area contributed by atoms with Gasteiger partial charge in [0.25, 0.3) is 0 Å². The first kappa shape index (κ1) is 8.44. The number of rotatable bonds is 2. The van der Waals surface area contributed by atoms with Crippen molar-refractivity contribution in [3.05, 3.63) is 24.3 Å². The third kappa shape index (κ3) is 1.62. The maximum absolute atomic E-state index is 10.5. The van der Waals surface area contributed by atoms with Crippen LogP contribution in [0.1, 0.15) is 0 Å². The van der Waals surface area contributed by atoms with Crippen LogP contribution in [0.3, 0.4) is 0 Å². The van der Waals surface area contributed by atoms with E-state index in [2.05, 4.69) is 0 Å². The minimum absolute atomic E-state index is 0.0873. The summed E-state index contributed by atoms with van der Waals surface area (Å²) in [7, 11) is 0. The van der Waals surface area contributed by atoms with Gasteiger partial charge in [-0.15, -0.1) is 11.8 Å². The van der Waals surface area contributed by atoms with Gasteiger partial charge in [0.15, 0.2) is 0 Å². The van der Waals surface area contributed by atoms with Gasteiger partial charge in [0.2, 0.25) is 0 Å². The number of carbonyl (C=O) groups is 1. The Hall–Kier alpha value is -1.16. The molecule has 0 atom stereocenters. The molecule has 2 rings (SSSR count). The van der Waals surface area contributed by atoms with Gasteiger partial charge in [0.05, 0.1) is 11.6 Å². The summed E-state index contributed by atoms with van der Waals surface area (Å²) in [5.74, 6) is -0.0386. The van der Waals surface area contributed by atoms with E-state index in [-0.39, 0.29) is 6.54 Å². The lowest BCUT2D eigenvalue weighted by atomic mass is 10.3. The molecule has 0 aliphatic carbocycles. The number of hydrogen-bond donors (Lipinski definition) is 1. The fourth-order valence-corrected chi connectivity index (χ4v) is 2.40. The minimum atomic E-state index is -0.780. The zero-order chi connectivity index (χ0) is 9.26. The fraction of sp³-hybridized carbons (Fsp3) is 0.222. The molecule has 0 saturated heterocycles. The highest BCUT2D eigenvalue weighted by atomic mass is 32.2. The molecule has 0 amide bonds. The second kappa shape index (κ2) is 3.30. The third-order valence-corrected chi connectivity index (χ3v) is 3.00. The number of hydrogen-bond acceptors (Lipinski definition) is 3. The average Bonchev–Trinajstić information content (AvgIpc) is 2.48. The topological polar surface area (TPSA) is 40.5 Å². The second-order valence-corrected chi connectivity index (χ2v) is 3.82. The molecule has 1 aromatic rings. The molecular formula is C9H9NO2S. The van der Waals surface area contributed by atoms with Crippen LogP contribution >= 0.6 is 11.8 Å². The van der Waals surface area contributed by atoms with E-state index in [1.54, 1.807) is 11.8 Å². The van der Waals surface area contributed by atoms with E-state index in [1.807, 2.05) is 29.2 Å². The van der Waals surface area contributed by atoms with Crippen LogP contribution in [0.5, 0.6) is 0 Å². The molecule has 0 saturated carbocycles. The lowest BCUT2D eigenvalue weighted by molar-refractivity contribution is -0.135. The summed E-state index contributed by atoms with van der Waals surface area (Å²) in [5.41, 5.74) is 1.04. The van der Waals surface area contributed by atoms with Crippen molar-refractivity contribution in [2.24, 2.45) is 0 Å². The van der Waals surface area contributed by atoms with E-state index in [1.165, 1.54) is 4.90 Å². The standard InChI is InChI=1S/C9H9NO2S/c11-9(12)5-10-6-13-8-4-2-1-3-7(8)10/h1-4H,5-6H2,(H,11,12). The monoisotopic (exact) mass is 195 g/mol. The lowest BCUT2D eigenvalue weighted by Crippen LogP contribution is -2.26. The Morgan fingerprint density at radius 3 is 3.08 bits per heavy atom. The second-order valence-electron chi connectivity index (χ2n) is 2.83. The summed E-state index contributed by atoms with van der Waals surface area (Å²) in [5, 5.41) is 8.65. The summed E-state index contributed by atoms with van der Waals surface area (Å²) in [6.45, 7) is 0.0873. The van der Waals surface area contributed by atoms with Crippen LogP contribution in [-0.4, -0.2) is 23.5 Å². The number of carboxylic acid groups (broad SMARTS) is 1. The molecule has 1 heterocycles. The molecule has 0 unspecified atom stereocenters. The van der Waals surface area contributed by atoms with Crippen LogP contribution in [0.2, 0.25) is 0 Å². The van der Waals surface area contributed by atoms with Crippen molar-refractivity contribution < 1.29 is 9.90 Å². The summed E-state index contributed by atoms with van der Waals surface area (Å²) < 4.78 is 0. The smallest absolute Gasteiger partial charge is 0.323 e. The van der Waals surface area contributed by atoms with Gasteiger partial charge in [-0.3, -0.25) is 4.79 Å². The van der Waals surface area contributed by atoms with Gasteiger partial charge in [-0.25, -0.2) is 0 Å². The SMILES string of the molecule is O=C(O)CN1CSc2ccccc21. The fourth-order valence-electron chi connectivity index (χ4n) is 1.35. The first-order valence-electron chi connectivity index (χ1n) is 3.96. The molecule has 0 aromatic heterocycles. The average molecular weight is 195 g/mol. The Kier molecular flexibility index (Phi) is 2.14. The van der Waals surface area contributed by atoms with Gasteiger partial charge in [-0.05, 0) is 12.1 Å². The van der Waals surface area contributed by atoms with Crippen LogP contribution in [-0.2, 0) is 4.79 Å². The molecule has 13 heavy (non-hydrogen) atoms. The van der Waals surface area contributed by atoms with Crippen LogP contribution < -0.4 is 4.90 Å². The van der Waals surface area contributed by atoms with Crippen molar-refractivity contribution in [3.63, 3.8) is 0 Å². The lowest BCUT2D eigenvalue weighted by Gasteiger charge is -2.14. The van der Waals surface area contributed by atoms with E-state index in [0.717, 1.165) is 11.6 Å². The summed E-state index contributed by atoms with van der Waals surface area (Å²) >= 11 is 1.68. The maximum Gasteiger partial charge on any atom is 0.323 e. The minimum Gasteiger partial charge on any atom is -0.480 e. The van der Waals surface area contributed by atoms with Crippen molar-refractivity contribution in [1.29, 1.82) is 0 Å². The third-order valence-electron chi connectivity index (χ3n) is 1.91. The van der Waals surface area contributed by atoms with Gasteiger partial charge in [0.1, 0.15) is 6.54 Å². The van der Waals surface area contributed by atoms with E-state index in [9.17, 15) is 4.79 Å². The number of para-hydroxylation sites is 1. The van der Waals surface area contributed by atoms with E-state index >= 15 is 0 Å². The van der Waals surface area contributed by atoms with Gasteiger partial charge in [-0.2, -0.15) is 0 Å². The van der Waals surface area contributed by atoms with Gasteiger partial charge < -0.3 is 10.0 Å². The zero-order valence-corrected chi connectivity index (χ0v) is 7.75. The summed E-state index contributed by atoms with van der Waals surface area (Å²) in [6.07, 6.45) is 0. The molecule has 1 aromatic carbocycles. The van der Waals surface area contributed by atoms with Gasteiger partial charge in [-0.1, -0.05) is 12.1 Å². The molecule has 1 aliphatic heterocycles. The van der Waals surface area contributed by atoms with Crippen LogP contribution in [0.15, 0.2) is 29.2 Å². The highest BCUT2D eigenvalue weighted by Crippen LogP contribution is 2.37. The van der Waals surface area contributed by atoms with Crippen molar-refractivity contribution in [3.8, 4) is 0 Å². The first-order chi connectivity index (χ1) is 6.27. The number of thioether (sulfide) groups is 1. The Bertz CT molecular complexity index is 340. The molecule has 68 valence electrons. The Morgan fingerprint density at radius 2 is 2.31 bits per heavy atom. The van der Waals surface area contributed by atoms with E-state index in [0.29, 0.717) is 0 Å². The maximum atomic E-state index is 10.5. The number of nitrogens with zero attached hydrogens (tertiary/aromatic N) is 1. The molecule has 1 N–H and O–H groups in total. The van der Waals surface area contributed by atoms with Crippen molar-refractivity contribution in [1.82, 2.24) is 0 Å². The molecule has 1 aliphatic rings. The molecule has 0 fully saturated rings. The number of carboxylic acids is 1. The highest BCUT2D eigenvalue weighted by Gasteiger charge is 2.20. The predicted octanol–water partition coefficient (Wildman–Crippen LogP) is 1.64. The summed E-state index contributed by atoms with van der Waals surface area (Å²) in [4.78, 5) is 13.5. The van der Waals surface area contributed by atoms with Gasteiger partial charge >= 0.3 is 5.97 Å². The Morgan fingerprint density at radius 1 is 1.54 bits per heavy atom. The van der Waals surface area contributed by atoms with Crippen molar-refractivity contribution in [2.45, 2.75) is 4.90 Å². The van der Waals surface area contributed by atoms with Crippen LogP contribution in [0.25, 0.3) is 0 Å². The number of fused-ring (bicyclic) bond motifs is 1. The largest absolute Gasteiger partial charge is 0.480 e. The normalized spacial score (nSPS) is 14.3. The predicted molar refractivity (Wildman–Crippen MR) is 52.1 cm³/mol. The van der Waals surface area contributed by atoms with Crippen LogP contribution in [0, 0.1) is 0 Å². The van der Waals surface area contributed by atoms with Crippen LogP contribution in [0.4, 0.5) is 5.69 Å². The Balaban J connectivity index is 2.23. The molecule has 3 nitrogen and oxygen atoms in total. The van der Waals surface area contributed by atoms with Gasteiger partial charge in [0, 0.05) is 4.90 Å². The van der Waals surface area contributed by atoms with E-state index in [4.69, 9.17) is 5.11 Å². The molecule has 0 bridgehead atoms. The molecule has 0 radical (unpaired) electrons. The number of benzene rings is 1. The Labute approximate surface area is 80.4 Å². The van der Waals surface area contributed by atoms with Crippen molar-refractivity contribution >= 4 is 23.4 Å². The zero-order valence-electron chi connectivity index (χ0n) is 6.93. The summed E-state index contributed by atoms with van der Waals surface area (Å²) in [6, 6.07) is 7.87. The number of aliphatic carboxylic acids is 1. The molecule has 4 heteroatoms. The van der Waals surface area contributed by atoms with Crippen molar-refractivity contribution in [2.75, 3.05) is 17.3 Å². The quantitative estimate of drug-likeness (QED) is 0.778. The molecule has 0 spiro atoms.